The fourth-order valence-electron chi connectivity index (χ4n) is 3.37. The van der Waals surface area contributed by atoms with Crippen LogP contribution in [0.3, 0.4) is 0 Å². The molecule has 2 N–H and O–H groups in total. The van der Waals surface area contributed by atoms with E-state index < -0.39 is 0 Å². The molecule has 1 saturated carbocycles. The predicted octanol–water partition coefficient (Wildman–Crippen LogP) is 0.977. The van der Waals surface area contributed by atoms with E-state index in [1.165, 1.54) is 32.1 Å². The lowest BCUT2D eigenvalue weighted by Crippen LogP contribution is -2.54. The first-order valence-electron chi connectivity index (χ1n) is 7.46. The number of nitrogens with zero attached hydrogens (tertiary/aromatic N) is 1. The molecule has 1 atom stereocenters. The Morgan fingerprint density at radius 2 is 1.94 bits per heavy atom. The van der Waals surface area contributed by atoms with E-state index in [1.54, 1.807) is 6.92 Å². The lowest BCUT2D eigenvalue weighted by molar-refractivity contribution is -0.119. The van der Waals surface area contributed by atoms with Crippen LogP contribution in [-0.4, -0.2) is 49.6 Å². The summed E-state index contributed by atoms with van der Waals surface area (Å²) in [5.41, 5.74) is 0. The van der Waals surface area contributed by atoms with Gasteiger partial charge >= 0.3 is 0 Å². The van der Waals surface area contributed by atoms with Gasteiger partial charge in [0.2, 0.25) is 5.91 Å². The first-order chi connectivity index (χ1) is 8.77. The van der Waals surface area contributed by atoms with Crippen molar-refractivity contribution in [3.8, 4) is 0 Å². The predicted molar refractivity (Wildman–Crippen MR) is 73.5 cm³/mol. The SMILES string of the molecule is CC(=O)NCC(C1CCCCC1)N1CCNCC1. The number of hydrogen-bond acceptors (Lipinski definition) is 3. The first-order valence-corrected chi connectivity index (χ1v) is 7.46. The van der Waals surface area contributed by atoms with Crippen LogP contribution in [0.15, 0.2) is 0 Å². The molecule has 1 heterocycles. The van der Waals surface area contributed by atoms with Crippen LogP contribution in [0.1, 0.15) is 39.0 Å². The Morgan fingerprint density at radius 1 is 1.28 bits per heavy atom. The highest BCUT2D eigenvalue weighted by Gasteiger charge is 2.29. The van der Waals surface area contributed by atoms with Crippen LogP contribution in [0.25, 0.3) is 0 Å². The monoisotopic (exact) mass is 253 g/mol. The summed E-state index contributed by atoms with van der Waals surface area (Å²) in [7, 11) is 0. The average molecular weight is 253 g/mol. The Labute approximate surface area is 110 Å². The largest absolute Gasteiger partial charge is 0.355 e. The second-order valence-electron chi connectivity index (χ2n) is 5.69. The summed E-state index contributed by atoms with van der Waals surface area (Å²) in [6.45, 7) is 6.88. The number of carbonyl (C=O) groups excluding carboxylic acids is 1. The third-order valence-corrected chi connectivity index (χ3v) is 4.37. The Morgan fingerprint density at radius 3 is 2.56 bits per heavy atom. The summed E-state index contributed by atoms with van der Waals surface area (Å²) in [5, 5.41) is 6.45. The van der Waals surface area contributed by atoms with Gasteiger partial charge in [0.15, 0.2) is 0 Å². The Balaban J connectivity index is 1.93. The maximum absolute atomic E-state index is 11.2. The molecule has 0 aromatic rings. The van der Waals surface area contributed by atoms with Crippen molar-refractivity contribution in [1.29, 1.82) is 0 Å². The van der Waals surface area contributed by atoms with Crippen LogP contribution in [0.5, 0.6) is 0 Å². The fraction of sp³-hybridized carbons (Fsp3) is 0.929. The zero-order chi connectivity index (χ0) is 12.8. The smallest absolute Gasteiger partial charge is 0.216 e. The third kappa shape index (κ3) is 3.95. The highest BCUT2D eigenvalue weighted by molar-refractivity contribution is 5.72. The van der Waals surface area contributed by atoms with Crippen molar-refractivity contribution in [2.45, 2.75) is 45.1 Å². The number of carbonyl (C=O) groups is 1. The minimum atomic E-state index is 0.103. The molecule has 104 valence electrons. The molecule has 0 bridgehead atoms. The molecule has 18 heavy (non-hydrogen) atoms. The third-order valence-electron chi connectivity index (χ3n) is 4.37. The van der Waals surface area contributed by atoms with Crippen LogP contribution >= 0.6 is 0 Å². The van der Waals surface area contributed by atoms with E-state index in [9.17, 15) is 4.79 Å². The summed E-state index contributed by atoms with van der Waals surface area (Å²) in [6.07, 6.45) is 6.81. The molecule has 0 aromatic heterocycles. The normalized spacial score (nSPS) is 24.7. The van der Waals surface area contributed by atoms with Crippen molar-refractivity contribution in [3.63, 3.8) is 0 Å². The molecule has 2 fully saturated rings. The molecule has 1 amide bonds. The molecule has 1 saturated heterocycles. The van der Waals surface area contributed by atoms with Crippen molar-refractivity contribution in [2.24, 2.45) is 5.92 Å². The summed E-state index contributed by atoms with van der Waals surface area (Å²) >= 11 is 0. The maximum atomic E-state index is 11.2. The molecule has 0 aromatic carbocycles. The maximum Gasteiger partial charge on any atom is 0.216 e. The van der Waals surface area contributed by atoms with Crippen LogP contribution in [0.4, 0.5) is 0 Å². The van der Waals surface area contributed by atoms with Gasteiger partial charge in [-0.3, -0.25) is 9.69 Å². The zero-order valence-electron chi connectivity index (χ0n) is 11.6. The van der Waals surface area contributed by atoms with Crippen molar-refractivity contribution in [2.75, 3.05) is 32.7 Å². The van der Waals surface area contributed by atoms with E-state index in [1.807, 2.05) is 0 Å². The van der Waals surface area contributed by atoms with Crippen molar-refractivity contribution in [3.05, 3.63) is 0 Å². The number of piperazine rings is 1. The van der Waals surface area contributed by atoms with Crippen LogP contribution in [-0.2, 0) is 4.79 Å². The Hall–Kier alpha value is -0.610. The van der Waals surface area contributed by atoms with Gasteiger partial charge in [-0.05, 0) is 18.8 Å². The Bertz CT molecular complexity index is 240. The molecular weight excluding hydrogens is 226 g/mol. The summed E-state index contributed by atoms with van der Waals surface area (Å²) in [6, 6.07) is 0.552. The molecule has 2 rings (SSSR count). The molecule has 4 nitrogen and oxygen atoms in total. The van der Waals surface area contributed by atoms with Gasteiger partial charge in [0.1, 0.15) is 0 Å². The highest BCUT2D eigenvalue weighted by Crippen LogP contribution is 2.29. The molecule has 4 heteroatoms. The molecule has 0 radical (unpaired) electrons. The summed E-state index contributed by atoms with van der Waals surface area (Å²) in [5.74, 6) is 0.884. The van der Waals surface area contributed by atoms with Crippen LogP contribution in [0, 0.1) is 5.92 Å². The minimum Gasteiger partial charge on any atom is -0.355 e. The van der Waals surface area contributed by atoms with Gasteiger partial charge in [-0.2, -0.15) is 0 Å². The lowest BCUT2D eigenvalue weighted by Gasteiger charge is -2.41. The van der Waals surface area contributed by atoms with Crippen LogP contribution < -0.4 is 10.6 Å². The molecule has 0 spiro atoms. The molecule has 1 unspecified atom stereocenters. The van der Waals surface area contributed by atoms with E-state index in [-0.39, 0.29) is 5.91 Å². The quantitative estimate of drug-likeness (QED) is 0.785. The van der Waals surface area contributed by atoms with E-state index in [2.05, 4.69) is 15.5 Å². The second-order valence-corrected chi connectivity index (χ2v) is 5.69. The van der Waals surface area contributed by atoms with Crippen LogP contribution in [0.2, 0.25) is 0 Å². The molecule has 1 aliphatic carbocycles. The average Bonchev–Trinajstić information content (AvgIpc) is 2.41. The fourth-order valence-corrected chi connectivity index (χ4v) is 3.37. The van der Waals surface area contributed by atoms with Gasteiger partial charge in [-0.1, -0.05) is 19.3 Å². The van der Waals surface area contributed by atoms with Crippen molar-refractivity contribution < 1.29 is 4.79 Å². The van der Waals surface area contributed by atoms with Gasteiger partial charge in [0.05, 0.1) is 0 Å². The minimum absolute atomic E-state index is 0.103. The van der Waals surface area contributed by atoms with Crippen molar-refractivity contribution >= 4 is 5.91 Å². The van der Waals surface area contributed by atoms with Gasteiger partial charge in [0, 0.05) is 45.7 Å². The van der Waals surface area contributed by atoms with Crippen molar-refractivity contribution in [1.82, 2.24) is 15.5 Å². The lowest BCUT2D eigenvalue weighted by atomic mass is 9.83. The summed E-state index contributed by atoms with van der Waals surface area (Å²) < 4.78 is 0. The molecule has 2 aliphatic rings. The number of amides is 1. The molecule has 1 aliphatic heterocycles. The number of hydrogen-bond donors (Lipinski definition) is 2. The Kier molecular flexibility index (Phi) is 5.45. The zero-order valence-corrected chi connectivity index (χ0v) is 11.6. The summed E-state index contributed by atoms with van der Waals surface area (Å²) in [4.78, 5) is 13.8. The van der Waals surface area contributed by atoms with E-state index >= 15 is 0 Å². The van der Waals surface area contributed by atoms with Gasteiger partial charge in [-0.25, -0.2) is 0 Å². The first kappa shape index (κ1) is 13.8. The van der Waals surface area contributed by atoms with E-state index in [0.29, 0.717) is 6.04 Å². The molecular formula is C14H27N3O. The number of rotatable bonds is 4. The van der Waals surface area contributed by atoms with Gasteiger partial charge in [0.25, 0.3) is 0 Å². The standard InChI is InChI=1S/C14H27N3O/c1-12(18)16-11-14(13-5-3-2-4-6-13)17-9-7-15-8-10-17/h13-15H,2-11H2,1H3,(H,16,18). The van der Waals surface area contributed by atoms with Gasteiger partial charge in [-0.15, -0.1) is 0 Å². The van der Waals surface area contributed by atoms with E-state index in [0.717, 1.165) is 38.6 Å². The highest BCUT2D eigenvalue weighted by atomic mass is 16.1. The van der Waals surface area contributed by atoms with E-state index in [4.69, 9.17) is 0 Å². The topological polar surface area (TPSA) is 44.4 Å². The second kappa shape index (κ2) is 7.10. The number of nitrogens with one attached hydrogen (secondary N) is 2. The van der Waals surface area contributed by atoms with Gasteiger partial charge < -0.3 is 10.6 Å².